The number of nitrogens with one attached hydrogen (secondary N) is 1. The van der Waals surface area contributed by atoms with Gasteiger partial charge in [0.15, 0.2) is 0 Å². The van der Waals surface area contributed by atoms with Crippen molar-refractivity contribution in [3.8, 4) is 0 Å². The molecular weight excluding hydrogens is 455 g/mol. The smallest absolute Gasteiger partial charge is 0.320 e. The summed E-state index contributed by atoms with van der Waals surface area (Å²) in [6.07, 6.45) is -3.82. The molecule has 1 aliphatic heterocycles. The Morgan fingerprint density at radius 2 is 1.71 bits per heavy atom. The molecule has 5 nitrogen and oxygen atoms in total. The maximum atomic E-state index is 13.5. The summed E-state index contributed by atoms with van der Waals surface area (Å²) in [6.45, 7) is 4.88. The summed E-state index contributed by atoms with van der Waals surface area (Å²) in [7, 11) is 0. The zero-order valence-corrected chi connectivity index (χ0v) is 19.5. The number of rotatable bonds is 5. The van der Waals surface area contributed by atoms with Crippen molar-refractivity contribution in [2.24, 2.45) is 0 Å². The molecule has 4 rings (SSSR count). The van der Waals surface area contributed by atoms with Gasteiger partial charge in [0.2, 0.25) is 0 Å². The van der Waals surface area contributed by atoms with Crippen LogP contribution in [0, 0.1) is 6.92 Å². The number of benzene rings is 3. The number of hydrogen-bond donors (Lipinski definition) is 1. The summed E-state index contributed by atoms with van der Waals surface area (Å²) in [6, 6.07) is 19.0. The minimum Gasteiger partial charge on any atom is -0.320 e. The maximum absolute atomic E-state index is 13.5. The molecule has 3 amide bonds. The van der Waals surface area contributed by atoms with Gasteiger partial charge in [-0.15, -0.1) is 0 Å². The molecule has 3 aromatic rings. The van der Waals surface area contributed by atoms with Gasteiger partial charge in [0, 0.05) is 18.7 Å². The summed E-state index contributed by atoms with van der Waals surface area (Å²) in [5.41, 5.74) is 1.72. The Balaban J connectivity index is 1.61. The number of alkyl halides is 3. The Kier molecular flexibility index (Phi) is 6.82. The van der Waals surface area contributed by atoms with E-state index in [0.29, 0.717) is 24.5 Å². The van der Waals surface area contributed by atoms with E-state index in [-0.39, 0.29) is 17.6 Å². The van der Waals surface area contributed by atoms with Gasteiger partial charge in [-0.25, -0.2) is 4.79 Å². The van der Waals surface area contributed by atoms with Crippen molar-refractivity contribution in [1.29, 1.82) is 0 Å². The van der Waals surface area contributed by atoms with E-state index < -0.39 is 17.6 Å². The van der Waals surface area contributed by atoms with Crippen molar-refractivity contribution < 1.29 is 22.8 Å². The molecule has 1 aliphatic rings. The molecule has 1 N–H and O–H groups in total. The highest BCUT2D eigenvalue weighted by molar-refractivity contribution is 6.07. The van der Waals surface area contributed by atoms with Gasteiger partial charge < -0.3 is 10.2 Å². The van der Waals surface area contributed by atoms with E-state index in [0.717, 1.165) is 29.7 Å². The second kappa shape index (κ2) is 9.82. The number of aryl methyl sites for hydroxylation is 1. The zero-order chi connectivity index (χ0) is 25.2. The zero-order valence-electron chi connectivity index (χ0n) is 19.5. The van der Waals surface area contributed by atoms with Gasteiger partial charge >= 0.3 is 12.2 Å². The Morgan fingerprint density at radius 3 is 2.43 bits per heavy atom. The van der Waals surface area contributed by atoms with Gasteiger partial charge in [0.25, 0.3) is 5.91 Å². The largest absolute Gasteiger partial charge is 0.416 e. The number of anilines is 2. The fourth-order valence-electron chi connectivity index (χ4n) is 4.26. The highest BCUT2D eigenvalue weighted by Gasteiger charge is 2.33. The molecule has 35 heavy (non-hydrogen) atoms. The average molecular weight is 482 g/mol. The van der Waals surface area contributed by atoms with E-state index in [9.17, 15) is 22.8 Å². The number of carbonyl (C=O) groups is 2. The van der Waals surface area contributed by atoms with E-state index in [2.05, 4.69) is 5.32 Å². The predicted molar refractivity (Wildman–Crippen MR) is 129 cm³/mol. The molecule has 0 radical (unpaired) electrons. The third-order valence-electron chi connectivity index (χ3n) is 6.15. The van der Waals surface area contributed by atoms with Crippen molar-refractivity contribution in [3.05, 3.63) is 95.1 Å². The van der Waals surface area contributed by atoms with Crippen molar-refractivity contribution in [2.75, 3.05) is 23.3 Å². The van der Waals surface area contributed by atoms with Crippen LogP contribution in [0.25, 0.3) is 0 Å². The summed E-state index contributed by atoms with van der Waals surface area (Å²) in [5.74, 6) is -0.679. The highest BCUT2D eigenvalue weighted by Crippen LogP contribution is 2.34. The van der Waals surface area contributed by atoms with Crippen molar-refractivity contribution in [3.63, 3.8) is 0 Å². The third kappa shape index (κ3) is 5.31. The molecule has 0 aromatic heterocycles. The van der Waals surface area contributed by atoms with Crippen LogP contribution in [0.2, 0.25) is 0 Å². The molecule has 1 unspecified atom stereocenters. The van der Waals surface area contributed by atoms with Gasteiger partial charge in [-0.3, -0.25) is 9.69 Å². The molecule has 3 aromatic carbocycles. The van der Waals surface area contributed by atoms with Crippen molar-refractivity contribution in [2.45, 2.75) is 32.5 Å². The summed E-state index contributed by atoms with van der Waals surface area (Å²) in [4.78, 5) is 29.8. The molecule has 1 saturated heterocycles. The molecule has 1 heterocycles. The molecule has 0 bridgehead atoms. The predicted octanol–water partition coefficient (Wildman–Crippen LogP) is 6.66. The first-order valence-corrected chi connectivity index (χ1v) is 11.4. The molecule has 182 valence electrons. The van der Waals surface area contributed by atoms with Gasteiger partial charge in [0.1, 0.15) is 0 Å². The first kappa shape index (κ1) is 24.3. The van der Waals surface area contributed by atoms with Crippen LogP contribution in [-0.4, -0.2) is 29.9 Å². The van der Waals surface area contributed by atoms with Crippen LogP contribution in [0.3, 0.4) is 0 Å². The Labute approximate surface area is 202 Å². The topological polar surface area (TPSA) is 52.6 Å². The first-order valence-electron chi connectivity index (χ1n) is 11.4. The van der Waals surface area contributed by atoms with Gasteiger partial charge in [0.05, 0.1) is 23.0 Å². The lowest BCUT2D eigenvalue weighted by Gasteiger charge is -2.39. The SMILES string of the molecule is Cc1ccc(N2CCCN(C(C)c3ccccc3)C2=O)c(NC(=O)c2cccc(C(F)(F)F)c2)c1. The number of nitrogens with zero attached hydrogens (tertiary/aromatic N) is 2. The Morgan fingerprint density at radius 1 is 0.971 bits per heavy atom. The minimum absolute atomic E-state index is 0.114. The van der Waals surface area contributed by atoms with E-state index >= 15 is 0 Å². The lowest BCUT2D eigenvalue weighted by atomic mass is 10.1. The monoisotopic (exact) mass is 481 g/mol. The standard InChI is InChI=1S/C27H26F3N3O2/c1-18-12-13-24(23(16-18)31-25(34)21-10-6-11-22(17-21)27(28,29)30)33-15-7-14-32(26(33)35)19(2)20-8-4-3-5-9-20/h3-6,8-13,16-17,19H,7,14-15H2,1-2H3,(H,31,34). The number of amides is 3. The third-order valence-corrected chi connectivity index (χ3v) is 6.15. The number of urea groups is 1. The quantitative estimate of drug-likeness (QED) is 0.443. The van der Waals surface area contributed by atoms with Crippen LogP contribution in [0.15, 0.2) is 72.8 Å². The van der Waals surface area contributed by atoms with Crippen LogP contribution in [0.5, 0.6) is 0 Å². The lowest BCUT2D eigenvalue weighted by molar-refractivity contribution is -0.137. The van der Waals surface area contributed by atoms with Crippen molar-refractivity contribution in [1.82, 2.24) is 4.90 Å². The summed E-state index contributed by atoms with van der Waals surface area (Å²) >= 11 is 0. The highest BCUT2D eigenvalue weighted by atomic mass is 19.4. The number of carbonyl (C=O) groups excluding carboxylic acids is 2. The first-order chi connectivity index (χ1) is 16.6. The molecule has 0 spiro atoms. The van der Waals surface area contributed by atoms with Crippen LogP contribution < -0.4 is 10.2 Å². The minimum atomic E-state index is -4.55. The van der Waals surface area contributed by atoms with Crippen LogP contribution in [-0.2, 0) is 6.18 Å². The molecule has 1 fully saturated rings. The van der Waals surface area contributed by atoms with E-state index in [1.54, 1.807) is 21.9 Å². The molecule has 0 saturated carbocycles. The second-order valence-corrected chi connectivity index (χ2v) is 8.62. The normalized spacial score (nSPS) is 15.2. The van der Waals surface area contributed by atoms with E-state index in [1.807, 2.05) is 50.2 Å². The number of hydrogen-bond acceptors (Lipinski definition) is 2. The lowest BCUT2D eigenvalue weighted by Crippen LogP contribution is -2.50. The summed E-state index contributed by atoms with van der Waals surface area (Å²) in [5, 5.41) is 2.72. The average Bonchev–Trinajstić information content (AvgIpc) is 2.84. The van der Waals surface area contributed by atoms with Gasteiger partial charge in [-0.1, -0.05) is 42.5 Å². The number of halogens is 3. The van der Waals surface area contributed by atoms with Crippen molar-refractivity contribution >= 4 is 23.3 Å². The van der Waals surface area contributed by atoms with Gasteiger partial charge in [-0.2, -0.15) is 13.2 Å². The summed E-state index contributed by atoms with van der Waals surface area (Å²) < 4.78 is 39.3. The Bertz CT molecular complexity index is 1230. The van der Waals surface area contributed by atoms with Gasteiger partial charge in [-0.05, 0) is 61.7 Å². The van der Waals surface area contributed by atoms with Crippen LogP contribution in [0.1, 0.15) is 46.4 Å². The van der Waals surface area contributed by atoms with Crippen LogP contribution >= 0.6 is 0 Å². The fourth-order valence-corrected chi connectivity index (χ4v) is 4.26. The fraction of sp³-hybridized carbons (Fsp3) is 0.259. The molecule has 1 atom stereocenters. The second-order valence-electron chi connectivity index (χ2n) is 8.62. The Hall–Kier alpha value is -3.81. The molecule has 8 heteroatoms. The molecule has 0 aliphatic carbocycles. The molecular formula is C27H26F3N3O2. The maximum Gasteiger partial charge on any atom is 0.416 e. The van der Waals surface area contributed by atoms with E-state index in [4.69, 9.17) is 0 Å². The van der Waals surface area contributed by atoms with E-state index in [1.165, 1.54) is 12.1 Å². The van der Waals surface area contributed by atoms with Crippen LogP contribution in [0.4, 0.5) is 29.3 Å².